The van der Waals surface area contributed by atoms with E-state index < -0.39 is 5.54 Å². The summed E-state index contributed by atoms with van der Waals surface area (Å²) < 4.78 is 5.57. The zero-order chi connectivity index (χ0) is 14.5. The highest BCUT2D eigenvalue weighted by Crippen LogP contribution is 2.22. The van der Waals surface area contributed by atoms with Gasteiger partial charge in [-0.1, -0.05) is 6.92 Å². The number of aromatic nitrogens is 1. The maximum Gasteiger partial charge on any atom is 0.244 e. The van der Waals surface area contributed by atoms with Crippen molar-refractivity contribution in [2.45, 2.75) is 46.3 Å². The Morgan fingerprint density at radius 2 is 2.16 bits per heavy atom. The second kappa shape index (κ2) is 6.52. The Morgan fingerprint density at radius 1 is 1.47 bits per heavy atom. The number of hydrogen-bond donors (Lipinski definition) is 2. The van der Waals surface area contributed by atoms with Gasteiger partial charge >= 0.3 is 0 Å². The SMILES string of the molecule is CCNC(C)(C)C(=O)Nc1cccnc1OC(C)C. The second-order valence-electron chi connectivity index (χ2n) is 5.13. The van der Waals surface area contributed by atoms with Crippen molar-refractivity contribution in [3.63, 3.8) is 0 Å². The van der Waals surface area contributed by atoms with Gasteiger partial charge in [0, 0.05) is 6.20 Å². The molecule has 0 spiro atoms. The lowest BCUT2D eigenvalue weighted by molar-refractivity contribution is -0.121. The Labute approximate surface area is 114 Å². The third-order valence-electron chi connectivity index (χ3n) is 2.55. The van der Waals surface area contributed by atoms with Crippen LogP contribution in [0, 0.1) is 0 Å². The highest BCUT2D eigenvalue weighted by Gasteiger charge is 2.27. The Bertz CT molecular complexity index is 430. The summed E-state index contributed by atoms with van der Waals surface area (Å²) in [6.07, 6.45) is 1.65. The van der Waals surface area contributed by atoms with E-state index in [2.05, 4.69) is 15.6 Å². The average Bonchev–Trinajstić information content (AvgIpc) is 2.30. The molecular formula is C14H23N3O2. The van der Waals surface area contributed by atoms with E-state index in [1.165, 1.54) is 0 Å². The largest absolute Gasteiger partial charge is 0.473 e. The maximum atomic E-state index is 12.2. The van der Waals surface area contributed by atoms with Crippen LogP contribution < -0.4 is 15.4 Å². The smallest absolute Gasteiger partial charge is 0.244 e. The van der Waals surface area contributed by atoms with E-state index in [4.69, 9.17) is 4.74 Å². The summed E-state index contributed by atoms with van der Waals surface area (Å²) in [4.78, 5) is 16.3. The van der Waals surface area contributed by atoms with E-state index in [1.807, 2.05) is 34.6 Å². The van der Waals surface area contributed by atoms with Crippen LogP contribution in [0.15, 0.2) is 18.3 Å². The van der Waals surface area contributed by atoms with Crippen molar-refractivity contribution < 1.29 is 9.53 Å². The Balaban J connectivity index is 2.84. The molecule has 1 heterocycles. The number of hydrogen-bond acceptors (Lipinski definition) is 4. The summed E-state index contributed by atoms with van der Waals surface area (Å²) in [5.41, 5.74) is -0.0492. The fourth-order valence-corrected chi connectivity index (χ4v) is 1.60. The Morgan fingerprint density at radius 3 is 2.74 bits per heavy atom. The molecule has 0 aliphatic carbocycles. The monoisotopic (exact) mass is 265 g/mol. The Kier molecular flexibility index (Phi) is 5.30. The molecule has 1 aromatic heterocycles. The molecule has 19 heavy (non-hydrogen) atoms. The molecule has 0 radical (unpaired) electrons. The number of nitrogens with zero attached hydrogens (tertiary/aromatic N) is 1. The number of carbonyl (C=O) groups is 1. The molecule has 1 amide bonds. The summed E-state index contributed by atoms with van der Waals surface area (Å²) in [6.45, 7) is 10.2. The zero-order valence-corrected chi connectivity index (χ0v) is 12.3. The van der Waals surface area contributed by atoms with Gasteiger partial charge in [-0.3, -0.25) is 4.79 Å². The van der Waals surface area contributed by atoms with Gasteiger partial charge < -0.3 is 15.4 Å². The van der Waals surface area contributed by atoms with Crippen LogP contribution in [0.5, 0.6) is 5.88 Å². The van der Waals surface area contributed by atoms with Crippen molar-refractivity contribution in [1.29, 1.82) is 0 Å². The summed E-state index contributed by atoms with van der Waals surface area (Å²) in [7, 11) is 0. The number of nitrogens with one attached hydrogen (secondary N) is 2. The molecule has 0 unspecified atom stereocenters. The van der Waals surface area contributed by atoms with E-state index in [0.717, 1.165) is 6.54 Å². The molecule has 1 aromatic rings. The summed E-state index contributed by atoms with van der Waals surface area (Å²) in [5, 5.41) is 5.98. The van der Waals surface area contributed by atoms with Crippen molar-refractivity contribution in [2.24, 2.45) is 0 Å². The van der Waals surface area contributed by atoms with Crippen molar-refractivity contribution in [1.82, 2.24) is 10.3 Å². The summed E-state index contributed by atoms with van der Waals surface area (Å²) in [6, 6.07) is 3.55. The first-order valence-electron chi connectivity index (χ1n) is 6.55. The minimum atomic E-state index is -0.639. The van der Waals surface area contributed by atoms with E-state index in [0.29, 0.717) is 11.6 Å². The first-order chi connectivity index (χ1) is 8.86. The number of pyridine rings is 1. The summed E-state index contributed by atoms with van der Waals surface area (Å²) >= 11 is 0. The van der Waals surface area contributed by atoms with Crippen LogP contribution in [-0.2, 0) is 4.79 Å². The van der Waals surface area contributed by atoms with Gasteiger partial charge in [0.15, 0.2) is 0 Å². The van der Waals surface area contributed by atoms with Gasteiger partial charge in [-0.05, 0) is 46.4 Å². The predicted molar refractivity (Wildman–Crippen MR) is 76.4 cm³/mol. The molecule has 0 saturated carbocycles. The zero-order valence-electron chi connectivity index (χ0n) is 12.3. The third-order valence-corrected chi connectivity index (χ3v) is 2.55. The van der Waals surface area contributed by atoms with Crippen molar-refractivity contribution in [2.75, 3.05) is 11.9 Å². The van der Waals surface area contributed by atoms with Crippen LogP contribution in [0.2, 0.25) is 0 Å². The molecule has 0 aliphatic rings. The highest BCUT2D eigenvalue weighted by molar-refractivity contribution is 5.98. The van der Waals surface area contributed by atoms with Crippen LogP contribution in [0.1, 0.15) is 34.6 Å². The fourth-order valence-electron chi connectivity index (χ4n) is 1.60. The van der Waals surface area contributed by atoms with Crippen molar-refractivity contribution in [3.05, 3.63) is 18.3 Å². The van der Waals surface area contributed by atoms with Crippen LogP contribution in [-0.4, -0.2) is 29.1 Å². The van der Waals surface area contributed by atoms with Gasteiger partial charge in [0.25, 0.3) is 0 Å². The molecule has 0 aromatic carbocycles. The first-order valence-corrected chi connectivity index (χ1v) is 6.55. The quantitative estimate of drug-likeness (QED) is 0.827. The van der Waals surface area contributed by atoms with Gasteiger partial charge in [-0.15, -0.1) is 0 Å². The average molecular weight is 265 g/mol. The Hall–Kier alpha value is -1.62. The van der Waals surface area contributed by atoms with Gasteiger partial charge in [0.1, 0.15) is 5.69 Å². The lowest BCUT2D eigenvalue weighted by Gasteiger charge is -2.25. The molecule has 0 aliphatic heterocycles. The predicted octanol–water partition coefficient (Wildman–Crippen LogP) is 2.20. The van der Waals surface area contributed by atoms with Crippen LogP contribution in [0.3, 0.4) is 0 Å². The molecule has 0 bridgehead atoms. The lowest BCUT2D eigenvalue weighted by Crippen LogP contribution is -2.49. The number of anilines is 1. The molecule has 0 atom stereocenters. The van der Waals surface area contributed by atoms with Gasteiger partial charge in [-0.25, -0.2) is 4.98 Å². The number of carbonyl (C=O) groups excluding carboxylic acids is 1. The van der Waals surface area contributed by atoms with Gasteiger partial charge in [-0.2, -0.15) is 0 Å². The minimum Gasteiger partial charge on any atom is -0.473 e. The number of likely N-dealkylation sites (N-methyl/N-ethyl adjacent to an activating group) is 1. The maximum absolute atomic E-state index is 12.2. The second-order valence-corrected chi connectivity index (χ2v) is 5.13. The summed E-state index contributed by atoms with van der Waals surface area (Å²) in [5.74, 6) is 0.328. The topological polar surface area (TPSA) is 63.2 Å². The van der Waals surface area contributed by atoms with Crippen molar-refractivity contribution in [3.8, 4) is 5.88 Å². The normalized spacial score (nSPS) is 11.5. The molecule has 106 valence electrons. The number of rotatable bonds is 6. The molecule has 5 heteroatoms. The van der Waals surface area contributed by atoms with E-state index in [-0.39, 0.29) is 12.0 Å². The van der Waals surface area contributed by atoms with Crippen LogP contribution in [0.25, 0.3) is 0 Å². The molecule has 2 N–H and O–H groups in total. The van der Waals surface area contributed by atoms with Gasteiger partial charge in [0.2, 0.25) is 11.8 Å². The molecular weight excluding hydrogens is 242 g/mol. The minimum absolute atomic E-state index is 0.00679. The van der Waals surface area contributed by atoms with Crippen LogP contribution in [0.4, 0.5) is 5.69 Å². The van der Waals surface area contributed by atoms with E-state index >= 15 is 0 Å². The van der Waals surface area contributed by atoms with E-state index in [9.17, 15) is 4.79 Å². The molecule has 5 nitrogen and oxygen atoms in total. The molecule has 0 fully saturated rings. The van der Waals surface area contributed by atoms with Gasteiger partial charge in [0.05, 0.1) is 11.6 Å². The standard InChI is InChI=1S/C14H23N3O2/c1-6-16-14(4,5)13(18)17-11-8-7-9-15-12(11)19-10(2)3/h7-10,16H,6H2,1-5H3,(H,17,18). The first kappa shape index (κ1) is 15.4. The van der Waals surface area contributed by atoms with E-state index in [1.54, 1.807) is 18.3 Å². The third kappa shape index (κ3) is 4.52. The highest BCUT2D eigenvalue weighted by atomic mass is 16.5. The molecule has 1 rings (SSSR count). The fraction of sp³-hybridized carbons (Fsp3) is 0.571. The van der Waals surface area contributed by atoms with Crippen LogP contribution >= 0.6 is 0 Å². The number of amides is 1. The number of ether oxygens (including phenoxy) is 1. The lowest BCUT2D eigenvalue weighted by atomic mass is 10.0. The van der Waals surface area contributed by atoms with Crippen molar-refractivity contribution >= 4 is 11.6 Å². The molecule has 0 saturated heterocycles.